The number of carbonyl (C=O) groups excluding carboxylic acids is 1. The number of aliphatic hydroxyl groups excluding tert-OH is 1. The van der Waals surface area contributed by atoms with Gasteiger partial charge in [-0.15, -0.1) is 0 Å². The topological polar surface area (TPSA) is 85.4 Å². The number of aryl methyl sites for hydroxylation is 3. The molecule has 0 aliphatic carbocycles. The summed E-state index contributed by atoms with van der Waals surface area (Å²) in [6, 6.07) is 6.03. The molecule has 0 amide bonds. The number of rotatable bonds is 7. The smallest absolute Gasteiger partial charge is 0.237 e. The maximum atomic E-state index is 11.3. The normalized spacial score (nSPS) is 17.7. The molecule has 2 atom stereocenters. The minimum absolute atomic E-state index is 0.163. The molecule has 1 aromatic carbocycles. The highest BCUT2D eigenvalue weighted by molar-refractivity contribution is 5.86. The number of nitrogens with zero attached hydrogens (tertiary/aromatic N) is 5. The first kappa shape index (κ1) is 18.6. The molecule has 1 aliphatic rings. The molecular weight excluding hydrogens is 358 g/mol. The minimum Gasteiger partial charge on any atom is -0.351 e. The van der Waals surface area contributed by atoms with Crippen molar-refractivity contribution in [1.82, 2.24) is 19.3 Å². The summed E-state index contributed by atoms with van der Waals surface area (Å²) in [4.78, 5) is 18.1. The average Bonchev–Trinajstić information content (AvgIpc) is 3.34. The van der Waals surface area contributed by atoms with Crippen molar-refractivity contribution < 1.29 is 14.6 Å². The number of imidazole rings is 1. The van der Waals surface area contributed by atoms with Crippen molar-refractivity contribution in [2.24, 2.45) is 0 Å². The second-order valence-electron chi connectivity index (χ2n) is 7.11. The second-order valence-corrected chi connectivity index (χ2v) is 7.11. The zero-order valence-electron chi connectivity index (χ0n) is 16.2. The molecule has 0 radical (unpaired) electrons. The van der Waals surface area contributed by atoms with Gasteiger partial charge in [-0.2, -0.15) is 5.10 Å². The standard InChI is InChI=1S/C20H25N5O3/c1-14-4-5-15-16(25(14)20(27)28-2)6-7-17-19(15)22-18(24(17)12-13-26)8-11-23-10-3-9-21-23/h3,6-7,9-10,13-14,20,27H,4-5,8,11-12H2,1-2H3/t14-,20?/m0/s1. The molecular formula is C20H25N5O3. The number of anilines is 1. The number of aromatic nitrogens is 4. The van der Waals surface area contributed by atoms with Crippen LogP contribution in [0.2, 0.25) is 0 Å². The third-order valence-corrected chi connectivity index (χ3v) is 5.47. The number of benzene rings is 1. The van der Waals surface area contributed by atoms with E-state index in [0.717, 1.165) is 47.2 Å². The Kier molecular flexibility index (Phi) is 5.15. The number of hydrogen-bond acceptors (Lipinski definition) is 6. The molecule has 1 aliphatic heterocycles. The van der Waals surface area contributed by atoms with Gasteiger partial charge < -0.3 is 24.1 Å². The van der Waals surface area contributed by atoms with E-state index in [1.165, 1.54) is 7.11 Å². The fraction of sp³-hybridized carbons (Fsp3) is 0.450. The summed E-state index contributed by atoms with van der Waals surface area (Å²) >= 11 is 0. The second kappa shape index (κ2) is 7.73. The van der Waals surface area contributed by atoms with E-state index >= 15 is 0 Å². The summed E-state index contributed by atoms with van der Waals surface area (Å²) in [5.41, 5.74) is 3.88. The third kappa shape index (κ3) is 3.18. The zero-order valence-corrected chi connectivity index (χ0v) is 16.2. The molecule has 8 nitrogen and oxygen atoms in total. The van der Waals surface area contributed by atoms with E-state index in [4.69, 9.17) is 9.72 Å². The predicted octanol–water partition coefficient (Wildman–Crippen LogP) is 1.74. The van der Waals surface area contributed by atoms with E-state index in [1.807, 2.05) is 38.5 Å². The molecule has 3 heterocycles. The van der Waals surface area contributed by atoms with Crippen LogP contribution in [-0.2, 0) is 35.5 Å². The Balaban J connectivity index is 1.77. The van der Waals surface area contributed by atoms with Crippen LogP contribution in [0.3, 0.4) is 0 Å². The first-order chi connectivity index (χ1) is 13.6. The summed E-state index contributed by atoms with van der Waals surface area (Å²) in [5.74, 6) is 0.864. The summed E-state index contributed by atoms with van der Waals surface area (Å²) in [6.07, 6.45) is 6.03. The maximum absolute atomic E-state index is 11.3. The van der Waals surface area contributed by atoms with Gasteiger partial charge in [0.2, 0.25) is 6.41 Å². The fourth-order valence-electron chi connectivity index (χ4n) is 4.07. The molecule has 1 unspecified atom stereocenters. The lowest BCUT2D eigenvalue weighted by molar-refractivity contribution is -0.108. The lowest BCUT2D eigenvalue weighted by Gasteiger charge is -2.39. The Morgan fingerprint density at radius 3 is 3.00 bits per heavy atom. The quantitative estimate of drug-likeness (QED) is 0.494. The van der Waals surface area contributed by atoms with Crippen LogP contribution in [-0.4, -0.2) is 50.3 Å². The Morgan fingerprint density at radius 2 is 2.29 bits per heavy atom. The molecule has 148 valence electrons. The van der Waals surface area contributed by atoms with Gasteiger partial charge in [-0.1, -0.05) is 0 Å². The summed E-state index contributed by atoms with van der Waals surface area (Å²) < 4.78 is 9.01. The number of methoxy groups -OCH3 is 1. The number of carbonyl (C=O) groups is 1. The molecule has 3 aromatic rings. The van der Waals surface area contributed by atoms with Gasteiger partial charge in [0.1, 0.15) is 12.1 Å². The van der Waals surface area contributed by atoms with Gasteiger partial charge in [-0.05, 0) is 38.0 Å². The van der Waals surface area contributed by atoms with Gasteiger partial charge in [0.25, 0.3) is 0 Å². The lowest BCUT2D eigenvalue weighted by atomic mass is 9.95. The van der Waals surface area contributed by atoms with Crippen LogP contribution in [0.1, 0.15) is 24.7 Å². The summed E-state index contributed by atoms with van der Waals surface area (Å²) in [6.45, 7) is 3.04. The molecule has 0 bridgehead atoms. The number of aliphatic hydroxyl groups is 1. The molecule has 2 aromatic heterocycles. The van der Waals surface area contributed by atoms with Crippen LogP contribution in [0.15, 0.2) is 30.6 Å². The van der Waals surface area contributed by atoms with Gasteiger partial charge in [0.05, 0.1) is 17.6 Å². The van der Waals surface area contributed by atoms with Gasteiger partial charge in [-0.25, -0.2) is 4.98 Å². The third-order valence-electron chi connectivity index (χ3n) is 5.47. The molecule has 0 saturated heterocycles. The molecule has 0 saturated carbocycles. The zero-order chi connectivity index (χ0) is 19.7. The molecule has 0 fully saturated rings. The minimum atomic E-state index is -0.997. The highest BCUT2D eigenvalue weighted by Gasteiger charge is 2.30. The Morgan fingerprint density at radius 1 is 1.43 bits per heavy atom. The highest BCUT2D eigenvalue weighted by Crippen LogP contribution is 2.37. The number of ether oxygens (including phenoxy) is 1. The molecule has 0 spiro atoms. The number of aldehydes is 1. The molecule has 28 heavy (non-hydrogen) atoms. The van der Waals surface area contributed by atoms with Crippen molar-refractivity contribution in [3.05, 3.63) is 42.0 Å². The van der Waals surface area contributed by atoms with Crippen LogP contribution >= 0.6 is 0 Å². The highest BCUT2D eigenvalue weighted by atomic mass is 16.6. The van der Waals surface area contributed by atoms with E-state index < -0.39 is 6.41 Å². The first-order valence-electron chi connectivity index (χ1n) is 9.55. The van der Waals surface area contributed by atoms with Crippen LogP contribution < -0.4 is 4.90 Å². The largest absolute Gasteiger partial charge is 0.351 e. The molecule has 4 rings (SSSR count). The van der Waals surface area contributed by atoms with E-state index in [0.29, 0.717) is 13.0 Å². The SMILES string of the molecule is COC(O)N1c2ccc3c(nc(CCn4cccn4)n3CC=O)c2CC[C@@H]1C. The van der Waals surface area contributed by atoms with Gasteiger partial charge in [0.15, 0.2) is 0 Å². The van der Waals surface area contributed by atoms with E-state index in [1.54, 1.807) is 6.20 Å². The summed E-state index contributed by atoms with van der Waals surface area (Å²) in [5, 5.41) is 14.6. The Hall–Kier alpha value is -2.71. The van der Waals surface area contributed by atoms with Crippen LogP contribution in [0.4, 0.5) is 5.69 Å². The van der Waals surface area contributed by atoms with Crippen LogP contribution in [0.25, 0.3) is 11.0 Å². The molecule has 8 heteroatoms. The van der Waals surface area contributed by atoms with Crippen molar-refractivity contribution >= 4 is 23.0 Å². The van der Waals surface area contributed by atoms with Crippen molar-refractivity contribution in [2.45, 2.75) is 51.7 Å². The van der Waals surface area contributed by atoms with Crippen LogP contribution in [0, 0.1) is 0 Å². The summed E-state index contributed by atoms with van der Waals surface area (Å²) in [7, 11) is 1.50. The van der Waals surface area contributed by atoms with Crippen LogP contribution in [0.5, 0.6) is 0 Å². The van der Waals surface area contributed by atoms with E-state index in [2.05, 4.69) is 12.0 Å². The number of hydrogen-bond donors (Lipinski definition) is 1. The Bertz CT molecular complexity index is 966. The Labute approximate surface area is 163 Å². The van der Waals surface area contributed by atoms with Crippen molar-refractivity contribution in [2.75, 3.05) is 12.0 Å². The maximum Gasteiger partial charge on any atom is 0.237 e. The van der Waals surface area contributed by atoms with Gasteiger partial charge >= 0.3 is 0 Å². The number of fused-ring (bicyclic) bond motifs is 3. The van der Waals surface area contributed by atoms with Gasteiger partial charge in [0, 0.05) is 49.8 Å². The van der Waals surface area contributed by atoms with Crippen molar-refractivity contribution in [3.8, 4) is 0 Å². The van der Waals surface area contributed by atoms with Crippen molar-refractivity contribution in [3.63, 3.8) is 0 Å². The first-order valence-corrected chi connectivity index (χ1v) is 9.55. The lowest BCUT2D eigenvalue weighted by Crippen LogP contribution is -2.45. The van der Waals surface area contributed by atoms with Gasteiger partial charge in [-0.3, -0.25) is 4.68 Å². The van der Waals surface area contributed by atoms with E-state index in [9.17, 15) is 9.90 Å². The van der Waals surface area contributed by atoms with E-state index in [-0.39, 0.29) is 12.6 Å². The molecule has 1 N–H and O–H groups in total. The fourth-order valence-corrected chi connectivity index (χ4v) is 4.07. The monoisotopic (exact) mass is 383 g/mol. The average molecular weight is 383 g/mol. The predicted molar refractivity (Wildman–Crippen MR) is 105 cm³/mol. The van der Waals surface area contributed by atoms with Crippen molar-refractivity contribution in [1.29, 1.82) is 0 Å².